The Bertz CT molecular complexity index is 2050. The number of ether oxygens (including phenoxy) is 1. The van der Waals surface area contributed by atoms with E-state index in [0.29, 0.717) is 75.1 Å². The maximum Gasteiger partial charge on any atom is 0.249 e. The molecule has 378 valence electrons. The third-order valence-electron chi connectivity index (χ3n) is 17.3. The van der Waals surface area contributed by atoms with Crippen LogP contribution in [0.3, 0.4) is 0 Å². The van der Waals surface area contributed by atoms with Crippen LogP contribution < -0.4 is 31.9 Å². The molecule has 6 heterocycles. The fraction of sp³-hybridized carbons (Fsp3) is 0.851. The summed E-state index contributed by atoms with van der Waals surface area (Å²) in [6.45, 7) is 5.17. The number of carbonyl (C=O) groups excluding carboxylic acids is 7. The SMILES string of the molecule is CS(=O)(=O)N1CCC(C(=O)NCC(=O)NC2NC(C3CCCC(C4CCNC(C5(C(=O)NCC6CCN(CCOC7CCC8C(=O)N(C9CCC(=O)NC9=O)C(=O)C8C7)CC6)CC5)C4)C3)CS2)C1. The molecule has 21 heteroatoms. The van der Waals surface area contributed by atoms with Gasteiger partial charge >= 0.3 is 0 Å². The number of fused-ring (bicyclic) bond motifs is 1. The molecule has 0 aromatic rings. The van der Waals surface area contributed by atoms with Crippen LogP contribution in [0.1, 0.15) is 103 Å². The van der Waals surface area contributed by atoms with Gasteiger partial charge < -0.3 is 30.9 Å². The lowest BCUT2D eigenvalue weighted by Gasteiger charge is -2.42. The largest absolute Gasteiger partial charge is 0.377 e. The summed E-state index contributed by atoms with van der Waals surface area (Å²) >= 11 is 1.69. The van der Waals surface area contributed by atoms with Gasteiger partial charge in [-0.1, -0.05) is 12.8 Å². The number of sulfonamides is 1. The summed E-state index contributed by atoms with van der Waals surface area (Å²) < 4.78 is 31.2. The molecule has 68 heavy (non-hydrogen) atoms. The zero-order chi connectivity index (χ0) is 47.7. The number of hydrogen-bond acceptors (Lipinski definition) is 14. The minimum Gasteiger partial charge on any atom is -0.377 e. The van der Waals surface area contributed by atoms with Gasteiger partial charge in [0.1, 0.15) is 11.5 Å². The van der Waals surface area contributed by atoms with Crippen LogP contribution in [0.5, 0.6) is 0 Å². The number of piperidine rings is 3. The number of nitrogens with one attached hydrogen (secondary N) is 6. The van der Waals surface area contributed by atoms with Gasteiger partial charge in [-0.3, -0.25) is 49.1 Å². The van der Waals surface area contributed by atoms with Gasteiger partial charge in [0, 0.05) is 50.4 Å². The van der Waals surface area contributed by atoms with E-state index >= 15 is 0 Å². The maximum absolute atomic E-state index is 13.9. The number of thioether (sulfide) groups is 1. The van der Waals surface area contributed by atoms with Gasteiger partial charge in [-0.05, 0) is 127 Å². The number of amides is 7. The Labute approximate surface area is 404 Å². The molecule has 9 rings (SSSR count). The molecule has 6 saturated heterocycles. The quantitative estimate of drug-likeness (QED) is 0.114. The van der Waals surface area contributed by atoms with Crippen molar-refractivity contribution in [3.8, 4) is 0 Å². The van der Waals surface area contributed by atoms with E-state index in [4.69, 9.17) is 4.74 Å². The van der Waals surface area contributed by atoms with Crippen molar-refractivity contribution >= 4 is 63.1 Å². The summed E-state index contributed by atoms with van der Waals surface area (Å²) in [6, 6.07) is -0.411. The molecule has 0 bridgehead atoms. The minimum atomic E-state index is -3.34. The highest BCUT2D eigenvalue weighted by Gasteiger charge is 2.57. The monoisotopic (exact) mass is 987 g/mol. The van der Waals surface area contributed by atoms with E-state index < -0.39 is 39.7 Å². The molecule has 7 amide bonds. The van der Waals surface area contributed by atoms with Crippen molar-refractivity contribution in [1.29, 1.82) is 0 Å². The zero-order valence-corrected chi connectivity index (χ0v) is 41.2. The third kappa shape index (κ3) is 11.3. The Balaban J connectivity index is 0.650. The summed E-state index contributed by atoms with van der Waals surface area (Å²) in [6.07, 6.45) is 14.3. The van der Waals surface area contributed by atoms with Crippen LogP contribution in [0.4, 0.5) is 0 Å². The second kappa shape index (κ2) is 21.2. The van der Waals surface area contributed by atoms with E-state index in [-0.39, 0.29) is 84.4 Å². The molecule has 6 aliphatic heterocycles. The molecule has 11 unspecified atom stereocenters. The van der Waals surface area contributed by atoms with E-state index in [1.54, 1.807) is 11.8 Å². The second-order valence-corrected chi connectivity index (χ2v) is 24.7. The van der Waals surface area contributed by atoms with Crippen molar-refractivity contribution in [2.45, 2.75) is 132 Å². The van der Waals surface area contributed by atoms with Gasteiger partial charge in [-0.25, -0.2) is 12.7 Å². The average Bonchev–Trinajstić information content (AvgIpc) is 3.61. The van der Waals surface area contributed by atoms with Crippen LogP contribution in [-0.4, -0.2) is 165 Å². The molecular weight excluding hydrogens is 915 g/mol. The molecule has 11 atom stereocenters. The fourth-order valence-electron chi connectivity index (χ4n) is 13.1. The van der Waals surface area contributed by atoms with Crippen LogP contribution in [-0.2, 0) is 48.3 Å². The lowest BCUT2D eigenvalue weighted by atomic mass is 9.68. The molecule has 3 saturated carbocycles. The lowest BCUT2D eigenvalue weighted by Crippen LogP contribution is -2.54. The highest BCUT2D eigenvalue weighted by molar-refractivity contribution is 8.00. The first-order chi connectivity index (χ1) is 32.6. The Morgan fingerprint density at radius 3 is 2.37 bits per heavy atom. The Kier molecular flexibility index (Phi) is 15.5. The molecule has 0 aromatic carbocycles. The van der Waals surface area contributed by atoms with E-state index in [1.807, 2.05) is 0 Å². The third-order valence-corrected chi connectivity index (χ3v) is 19.7. The number of likely N-dealkylation sites (tertiary alicyclic amines) is 2. The molecule has 0 spiro atoms. The Hall–Kier alpha value is -3.21. The summed E-state index contributed by atoms with van der Waals surface area (Å²) in [5.41, 5.74) is -0.533. The molecule has 0 aromatic heterocycles. The Morgan fingerprint density at radius 1 is 0.853 bits per heavy atom. The van der Waals surface area contributed by atoms with Crippen molar-refractivity contribution in [2.24, 2.45) is 46.8 Å². The standard InChI is InChI=1S/C47H73N9O10S2/c1-68(64,65)55-18-12-32(26-55)41(59)49-25-40(58)53-46-51-36(27-67-46)31-4-2-3-29(21-31)30-9-15-48-38(22-30)47(13-14-47)45(63)50-24-28-10-16-54(17-11-28)19-20-66-33-5-6-34-35(23-33)44(62)56(43(34)61)37-7-8-39(57)52-42(37)60/h28-38,46,48,51H,2-27H2,1H3,(H,49,59)(H,50,63)(H,53,58)(H,52,57,60). The summed E-state index contributed by atoms with van der Waals surface area (Å²) in [5.74, 6) is -0.180. The van der Waals surface area contributed by atoms with Crippen LogP contribution in [0.15, 0.2) is 0 Å². The van der Waals surface area contributed by atoms with Gasteiger partial charge in [0.25, 0.3) is 0 Å². The fourth-order valence-corrected chi connectivity index (χ4v) is 15.2. The first kappa shape index (κ1) is 49.8. The normalized spacial score (nSPS) is 36.0. The minimum absolute atomic E-state index is 0.116. The molecule has 9 fully saturated rings. The van der Waals surface area contributed by atoms with Gasteiger partial charge in [0.2, 0.25) is 51.4 Å². The maximum atomic E-state index is 13.9. The smallest absolute Gasteiger partial charge is 0.249 e. The number of nitrogens with zero attached hydrogens (tertiary/aromatic N) is 3. The van der Waals surface area contributed by atoms with Gasteiger partial charge in [0.15, 0.2) is 0 Å². The summed E-state index contributed by atoms with van der Waals surface area (Å²) in [7, 11) is -3.34. The van der Waals surface area contributed by atoms with E-state index in [1.165, 1.54) is 17.1 Å². The van der Waals surface area contributed by atoms with Crippen molar-refractivity contribution < 1.29 is 46.7 Å². The molecule has 0 radical (unpaired) electrons. The predicted molar refractivity (Wildman–Crippen MR) is 251 cm³/mol. The second-order valence-electron chi connectivity index (χ2n) is 21.5. The van der Waals surface area contributed by atoms with Crippen molar-refractivity contribution in [3.05, 3.63) is 0 Å². The molecule has 19 nitrogen and oxygen atoms in total. The van der Waals surface area contributed by atoms with Crippen molar-refractivity contribution in [1.82, 2.24) is 46.0 Å². The molecule has 9 aliphatic rings. The Morgan fingerprint density at radius 2 is 1.62 bits per heavy atom. The highest BCUT2D eigenvalue weighted by Crippen LogP contribution is 2.53. The van der Waals surface area contributed by atoms with Crippen LogP contribution in [0.2, 0.25) is 0 Å². The van der Waals surface area contributed by atoms with Gasteiger partial charge in [-0.2, -0.15) is 0 Å². The molecule has 6 N–H and O–H groups in total. The van der Waals surface area contributed by atoms with Crippen LogP contribution in [0.25, 0.3) is 0 Å². The zero-order valence-electron chi connectivity index (χ0n) is 39.6. The van der Waals surface area contributed by atoms with Gasteiger partial charge in [-0.15, -0.1) is 11.8 Å². The molecular formula is C47H73N9O10S2. The average molecular weight is 988 g/mol. The first-order valence-electron chi connectivity index (χ1n) is 25.6. The van der Waals surface area contributed by atoms with E-state index in [2.05, 4.69) is 36.8 Å². The number of carbonyl (C=O) groups is 7. The van der Waals surface area contributed by atoms with Gasteiger partial charge in [0.05, 0.1) is 48.7 Å². The number of rotatable bonds is 16. The summed E-state index contributed by atoms with van der Waals surface area (Å²) in [4.78, 5) is 93.5. The first-order valence-corrected chi connectivity index (χ1v) is 28.5. The highest BCUT2D eigenvalue weighted by atomic mass is 32.2. The number of hydrogen-bond donors (Lipinski definition) is 6. The van der Waals surface area contributed by atoms with E-state index in [0.717, 1.165) is 94.5 Å². The summed E-state index contributed by atoms with van der Waals surface area (Å²) in [5, 5.41) is 18.8. The van der Waals surface area contributed by atoms with Crippen LogP contribution in [0, 0.1) is 46.8 Å². The van der Waals surface area contributed by atoms with Crippen molar-refractivity contribution in [3.63, 3.8) is 0 Å². The predicted octanol–water partition coefficient (Wildman–Crippen LogP) is 0.247. The lowest BCUT2D eigenvalue weighted by molar-refractivity contribution is -0.151. The van der Waals surface area contributed by atoms with Crippen LogP contribution >= 0.6 is 11.8 Å². The van der Waals surface area contributed by atoms with Crippen molar-refractivity contribution in [2.75, 3.05) is 71.0 Å². The topological polar surface area (TPSA) is 245 Å². The van der Waals surface area contributed by atoms with E-state index in [9.17, 15) is 42.0 Å². The number of imide groups is 2. The molecule has 3 aliphatic carbocycles.